The Hall–Kier alpha value is -2.08. The summed E-state index contributed by atoms with van der Waals surface area (Å²) in [5, 5.41) is 2.27. The molecule has 94 valence electrons. The van der Waals surface area contributed by atoms with E-state index in [-0.39, 0.29) is 31.7 Å². The van der Waals surface area contributed by atoms with Crippen molar-refractivity contribution in [1.29, 1.82) is 0 Å². The summed E-state index contributed by atoms with van der Waals surface area (Å²) >= 11 is 0. The zero-order valence-electron chi connectivity index (χ0n) is 9.64. The first kappa shape index (κ1) is 11.0. The molecule has 2 amide bonds. The third kappa shape index (κ3) is 2.14. The second kappa shape index (κ2) is 4.30. The maximum atomic E-state index is 11.2. The van der Waals surface area contributed by atoms with Crippen LogP contribution in [0.5, 0.6) is 11.5 Å². The highest BCUT2D eigenvalue weighted by molar-refractivity contribution is 5.99. The number of hydrogen-bond acceptors (Lipinski definition) is 5. The van der Waals surface area contributed by atoms with Gasteiger partial charge in [0.2, 0.25) is 18.6 Å². The molecule has 1 fully saturated rings. The van der Waals surface area contributed by atoms with Crippen LogP contribution < -0.4 is 14.8 Å². The van der Waals surface area contributed by atoms with Crippen LogP contribution in [0.2, 0.25) is 0 Å². The van der Waals surface area contributed by atoms with Crippen molar-refractivity contribution in [2.24, 2.45) is 0 Å². The summed E-state index contributed by atoms with van der Waals surface area (Å²) in [4.78, 5) is 24.3. The number of hydrogen-bond donors (Lipinski definition) is 1. The summed E-state index contributed by atoms with van der Waals surface area (Å²) in [6.45, 7) is 1.25. The summed E-state index contributed by atoms with van der Waals surface area (Å²) in [7, 11) is 0. The highest BCUT2D eigenvalue weighted by Crippen LogP contribution is 2.32. The van der Waals surface area contributed by atoms with E-state index in [1.807, 2.05) is 18.2 Å². The second-order valence-corrected chi connectivity index (χ2v) is 4.30. The Balaban J connectivity index is 1.72. The van der Waals surface area contributed by atoms with E-state index >= 15 is 0 Å². The van der Waals surface area contributed by atoms with Crippen LogP contribution in [-0.2, 0) is 16.1 Å². The van der Waals surface area contributed by atoms with Gasteiger partial charge in [0.05, 0.1) is 13.1 Å². The summed E-state index contributed by atoms with van der Waals surface area (Å²) in [6.07, 6.45) is 0. The van der Waals surface area contributed by atoms with Crippen molar-refractivity contribution < 1.29 is 19.1 Å². The molecule has 0 radical (unpaired) electrons. The van der Waals surface area contributed by atoms with Crippen molar-refractivity contribution in [2.45, 2.75) is 6.54 Å². The Morgan fingerprint density at radius 3 is 2.61 bits per heavy atom. The van der Waals surface area contributed by atoms with Crippen LogP contribution in [0, 0.1) is 0 Å². The highest BCUT2D eigenvalue weighted by atomic mass is 16.7. The average Bonchev–Trinajstić information content (AvgIpc) is 2.74. The van der Waals surface area contributed by atoms with Crippen LogP contribution >= 0.6 is 0 Å². The monoisotopic (exact) mass is 248 g/mol. The number of piperazine rings is 1. The minimum absolute atomic E-state index is 0.236. The molecule has 6 nitrogen and oxygen atoms in total. The van der Waals surface area contributed by atoms with E-state index in [0.717, 1.165) is 11.3 Å². The average molecular weight is 248 g/mol. The van der Waals surface area contributed by atoms with Crippen LogP contribution in [0.3, 0.4) is 0 Å². The molecule has 2 heterocycles. The Morgan fingerprint density at radius 2 is 1.83 bits per heavy atom. The van der Waals surface area contributed by atoms with E-state index in [0.29, 0.717) is 12.3 Å². The number of imide groups is 1. The summed E-state index contributed by atoms with van der Waals surface area (Å²) in [6, 6.07) is 5.62. The fourth-order valence-electron chi connectivity index (χ4n) is 2.11. The largest absolute Gasteiger partial charge is 0.454 e. The lowest BCUT2D eigenvalue weighted by Gasteiger charge is -2.25. The van der Waals surface area contributed by atoms with E-state index in [1.165, 1.54) is 0 Å². The lowest BCUT2D eigenvalue weighted by Crippen LogP contribution is -2.50. The Bertz CT molecular complexity index is 499. The second-order valence-electron chi connectivity index (χ2n) is 4.30. The minimum atomic E-state index is -0.257. The fraction of sp³-hybridized carbons (Fsp3) is 0.333. The molecule has 3 rings (SSSR count). The van der Waals surface area contributed by atoms with Gasteiger partial charge in [-0.3, -0.25) is 19.8 Å². The van der Waals surface area contributed by atoms with Gasteiger partial charge in [0.15, 0.2) is 11.5 Å². The van der Waals surface area contributed by atoms with Crippen molar-refractivity contribution in [3.63, 3.8) is 0 Å². The van der Waals surface area contributed by atoms with Crippen LogP contribution in [0.4, 0.5) is 0 Å². The predicted octanol–water partition coefficient (Wildman–Crippen LogP) is -0.126. The molecular weight excluding hydrogens is 236 g/mol. The molecule has 0 atom stereocenters. The highest BCUT2D eigenvalue weighted by Gasteiger charge is 2.23. The predicted molar refractivity (Wildman–Crippen MR) is 61.0 cm³/mol. The topological polar surface area (TPSA) is 67.9 Å². The molecule has 1 saturated heterocycles. The molecule has 0 aliphatic carbocycles. The molecule has 18 heavy (non-hydrogen) atoms. The molecule has 2 aliphatic heterocycles. The van der Waals surface area contributed by atoms with Crippen molar-refractivity contribution in [2.75, 3.05) is 19.9 Å². The van der Waals surface area contributed by atoms with Gasteiger partial charge in [-0.25, -0.2) is 0 Å². The van der Waals surface area contributed by atoms with Crippen LogP contribution in [0.25, 0.3) is 0 Å². The molecule has 0 aromatic heterocycles. The molecule has 0 spiro atoms. The number of benzene rings is 1. The Morgan fingerprint density at radius 1 is 1.11 bits per heavy atom. The number of nitrogens with one attached hydrogen (secondary N) is 1. The van der Waals surface area contributed by atoms with E-state index in [1.54, 1.807) is 4.90 Å². The van der Waals surface area contributed by atoms with Crippen molar-refractivity contribution in [3.8, 4) is 11.5 Å². The first-order valence-electron chi connectivity index (χ1n) is 5.64. The van der Waals surface area contributed by atoms with E-state index < -0.39 is 0 Å². The lowest BCUT2D eigenvalue weighted by molar-refractivity contribution is -0.136. The minimum Gasteiger partial charge on any atom is -0.454 e. The normalized spacial score (nSPS) is 18.9. The van der Waals surface area contributed by atoms with E-state index in [4.69, 9.17) is 9.47 Å². The molecule has 0 bridgehead atoms. The molecule has 1 aromatic carbocycles. The molecular formula is C12H12N2O4. The molecule has 2 aliphatic rings. The summed E-state index contributed by atoms with van der Waals surface area (Å²) in [5.74, 6) is 0.922. The van der Waals surface area contributed by atoms with Gasteiger partial charge in [0, 0.05) is 6.54 Å². The number of nitrogens with zero attached hydrogens (tertiary/aromatic N) is 1. The van der Waals surface area contributed by atoms with Gasteiger partial charge in [0.1, 0.15) is 0 Å². The number of rotatable bonds is 2. The molecule has 0 unspecified atom stereocenters. The number of carbonyl (C=O) groups excluding carboxylic acids is 2. The number of carbonyl (C=O) groups is 2. The molecule has 1 aromatic rings. The van der Waals surface area contributed by atoms with E-state index in [9.17, 15) is 9.59 Å². The molecule has 0 saturated carbocycles. The first-order valence-corrected chi connectivity index (χ1v) is 5.64. The summed E-state index contributed by atoms with van der Waals surface area (Å²) < 4.78 is 10.5. The fourth-order valence-corrected chi connectivity index (χ4v) is 2.11. The van der Waals surface area contributed by atoms with Gasteiger partial charge in [-0.1, -0.05) is 6.07 Å². The quantitative estimate of drug-likeness (QED) is 0.739. The smallest absolute Gasteiger partial charge is 0.240 e. The van der Waals surface area contributed by atoms with Gasteiger partial charge in [-0.15, -0.1) is 0 Å². The zero-order chi connectivity index (χ0) is 12.5. The maximum Gasteiger partial charge on any atom is 0.240 e. The number of ether oxygens (including phenoxy) is 2. The molecule has 6 heteroatoms. The van der Waals surface area contributed by atoms with Crippen LogP contribution in [0.15, 0.2) is 18.2 Å². The standard InChI is InChI=1S/C12H12N2O4/c15-11-5-14(6-12(16)13-11)4-8-1-2-9-10(3-8)18-7-17-9/h1-3H,4-7H2,(H,13,15,16). The van der Waals surface area contributed by atoms with Gasteiger partial charge >= 0.3 is 0 Å². The van der Waals surface area contributed by atoms with Gasteiger partial charge in [-0.05, 0) is 17.7 Å². The van der Waals surface area contributed by atoms with E-state index in [2.05, 4.69) is 5.32 Å². The SMILES string of the molecule is O=C1CN(Cc2ccc3c(c2)OCO3)CC(=O)N1. The Labute approximate surface area is 103 Å². The number of fused-ring (bicyclic) bond motifs is 1. The maximum absolute atomic E-state index is 11.2. The van der Waals surface area contributed by atoms with Crippen molar-refractivity contribution in [3.05, 3.63) is 23.8 Å². The van der Waals surface area contributed by atoms with Gasteiger partial charge in [-0.2, -0.15) is 0 Å². The third-order valence-corrected chi connectivity index (χ3v) is 2.86. The van der Waals surface area contributed by atoms with Crippen molar-refractivity contribution in [1.82, 2.24) is 10.2 Å². The van der Waals surface area contributed by atoms with Crippen LogP contribution in [0.1, 0.15) is 5.56 Å². The third-order valence-electron chi connectivity index (χ3n) is 2.86. The number of amides is 2. The summed E-state index contributed by atoms with van der Waals surface area (Å²) in [5.41, 5.74) is 0.988. The van der Waals surface area contributed by atoms with Crippen LogP contribution in [-0.4, -0.2) is 36.6 Å². The lowest BCUT2D eigenvalue weighted by atomic mass is 10.2. The van der Waals surface area contributed by atoms with Gasteiger partial charge in [0.25, 0.3) is 0 Å². The van der Waals surface area contributed by atoms with Gasteiger partial charge < -0.3 is 9.47 Å². The zero-order valence-corrected chi connectivity index (χ0v) is 9.64. The first-order chi connectivity index (χ1) is 8.70. The molecule has 1 N–H and O–H groups in total. The Kier molecular flexibility index (Phi) is 2.64. The van der Waals surface area contributed by atoms with Crippen molar-refractivity contribution >= 4 is 11.8 Å².